The fourth-order valence-electron chi connectivity index (χ4n) is 3.56. The molecule has 33 heavy (non-hydrogen) atoms. The van der Waals surface area contributed by atoms with E-state index >= 15 is 0 Å². The molecule has 3 aromatic carbocycles. The summed E-state index contributed by atoms with van der Waals surface area (Å²) in [7, 11) is 0. The lowest BCUT2D eigenvalue weighted by Gasteiger charge is -2.29. The van der Waals surface area contributed by atoms with Crippen LogP contribution in [-0.4, -0.2) is 34.4 Å². The minimum Gasteiger partial charge on any atom is -0.312 e. The predicted octanol–water partition coefficient (Wildman–Crippen LogP) is 4.47. The van der Waals surface area contributed by atoms with E-state index in [1.807, 2.05) is 5.32 Å². The molecule has 8 heteroatoms. The average Bonchev–Trinajstić information content (AvgIpc) is 3.08. The number of hydrogen-bond donors (Lipinski definition) is 1. The molecular weight excluding hydrogens is 431 g/mol. The maximum Gasteiger partial charge on any atom is 0.442 e. The van der Waals surface area contributed by atoms with E-state index in [2.05, 4.69) is 4.99 Å². The Morgan fingerprint density at radius 3 is 2.09 bits per heavy atom. The van der Waals surface area contributed by atoms with Crippen molar-refractivity contribution in [2.24, 2.45) is 4.99 Å². The van der Waals surface area contributed by atoms with Gasteiger partial charge in [0.2, 0.25) is 0 Å². The highest BCUT2D eigenvalue weighted by molar-refractivity contribution is 6.16. The maximum atomic E-state index is 14.4. The van der Waals surface area contributed by atoms with Gasteiger partial charge in [-0.25, -0.2) is 4.99 Å². The van der Waals surface area contributed by atoms with E-state index in [4.69, 9.17) is 0 Å². The monoisotopic (exact) mass is 451 g/mol. The smallest absolute Gasteiger partial charge is 0.312 e. The number of benzene rings is 3. The molecule has 0 fully saturated rings. The number of aryl methyl sites for hydroxylation is 1. The first-order valence-electron chi connectivity index (χ1n) is 10.2. The summed E-state index contributed by atoms with van der Waals surface area (Å²) in [6.45, 7) is 1.66. The lowest BCUT2D eigenvalue weighted by Crippen LogP contribution is -2.63. The van der Waals surface area contributed by atoms with E-state index in [-0.39, 0.29) is 17.9 Å². The van der Waals surface area contributed by atoms with Crippen LogP contribution >= 0.6 is 0 Å². The average molecular weight is 451 g/mol. The van der Waals surface area contributed by atoms with Crippen molar-refractivity contribution in [3.8, 4) is 0 Å². The molecule has 0 aliphatic carbocycles. The molecule has 0 saturated heterocycles. The van der Waals surface area contributed by atoms with E-state index in [1.54, 1.807) is 79.7 Å². The van der Waals surface area contributed by atoms with Crippen LogP contribution in [0.15, 0.2) is 89.9 Å². The zero-order chi connectivity index (χ0) is 23.6. The molecule has 0 bridgehead atoms. The second kappa shape index (κ2) is 8.54. The molecular formula is C25H20F3N3O2. The van der Waals surface area contributed by atoms with Crippen LogP contribution in [0.4, 0.5) is 13.2 Å². The third kappa shape index (κ3) is 4.24. The molecule has 0 radical (unpaired) electrons. The Kier molecular flexibility index (Phi) is 5.76. The topological polar surface area (TPSA) is 61.8 Å². The third-order valence-corrected chi connectivity index (χ3v) is 5.32. The summed E-state index contributed by atoms with van der Waals surface area (Å²) in [5, 5.41) is 1.89. The van der Waals surface area contributed by atoms with Crippen LogP contribution < -0.4 is 5.32 Å². The van der Waals surface area contributed by atoms with Crippen molar-refractivity contribution in [3.63, 3.8) is 0 Å². The number of carbonyl (C=O) groups excluding carboxylic acids is 2. The van der Waals surface area contributed by atoms with Gasteiger partial charge in [-0.15, -0.1) is 0 Å². The molecule has 1 atom stereocenters. The van der Waals surface area contributed by atoms with Crippen LogP contribution in [0.25, 0.3) is 0 Å². The minimum absolute atomic E-state index is 0.00463. The highest BCUT2D eigenvalue weighted by atomic mass is 19.4. The number of alkyl halides is 3. The molecule has 1 aliphatic heterocycles. The van der Waals surface area contributed by atoms with Crippen LogP contribution in [0.3, 0.4) is 0 Å². The number of nitrogens with zero attached hydrogens (tertiary/aromatic N) is 2. The molecule has 1 heterocycles. The first-order chi connectivity index (χ1) is 15.7. The van der Waals surface area contributed by atoms with Gasteiger partial charge in [-0.3, -0.25) is 14.5 Å². The zero-order valence-electron chi connectivity index (χ0n) is 17.6. The first-order valence-corrected chi connectivity index (χ1v) is 10.2. The number of halogens is 3. The summed E-state index contributed by atoms with van der Waals surface area (Å²) in [6, 6.07) is 22.8. The lowest BCUT2D eigenvalue weighted by atomic mass is 10.1. The SMILES string of the molecule is Cc1ccc(C(=O)N[C@]2(C(F)(F)F)N=C(c3ccccc3)N(Cc3ccccc3)C2=O)cc1. The summed E-state index contributed by atoms with van der Waals surface area (Å²) >= 11 is 0. The van der Waals surface area contributed by atoms with Crippen molar-refractivity contribution in [1.29, 1.82) is 0 Å². The van der Waals surface area contributed by atoms with Crippen LogP contribution in [-0.2, 0) is 11.3 Å². The first kappa shape index (κ1) is 22.3. The number of hydrogen-bond acceptors (Lipinski definition) is 3. The molecule has 4 rings (SSSR count). The van der Waals surface area contributed by atoms with Crippen molar-refractivity contribution < 1.29 is 22.8 Å². The highest BCUT2D eigenvalue weighted by Crippen LogP contribution is 2.39. The molecule has 0 unspecified atom stereocenters. The second-order valence-electron chi connectivity index (χ2n) is 7.71. The number of rotatable bonds is 5. The standard InChI is InChI=1S/C25H20F3N3O2/c1-17-12-14-20(15-13-17)22(32)30-24(25(26,27)28)23(33)31(16-18-8-4-2-5-9-18)21(29-24)19-10-6-3-7-11-19/h2-15H,16H2,1H3,(H,30,32)/t24-/m1/s1. The predicted molar refractivity (Wildman–Crippen MR) is 117 cm³/mol. The van der Waals surface area contributed by atoms with Gasteiger partial charge in [-0.1, -0.05) is 78.4 Å². The van der Waals surface area contributed by atoms with E-state index < -0.39 is 23.7 Å². The molecule has 3 aromatic rings. The molecule has 5 nitrogen and oxygen atoms in total. The van der Waals surface area contributed by atoms with Gasteiger partial charge in [-0.2, -0.15) is 13.2 Å². The van der Waals surface area contributed by atoms with Gasteiger partial charge < -0.3 is 5.32 Å². The molecule has 0 aromatic heterocycles. The van der Waals surface area contributed by atoms with Gasteiger partial charge in [-0.05, 0) is 24.6 Å². The minimum atomic E-state index is -5.17. The van der Waals surface area contributed by atoms with E-state index in [1.165, 1.54) is 12.1 Å². The quantitative estimate of drug-likeness (QED) is 0.622. The third-order valence-electron chi connectivity index (χ3n) is 5.32. The maximum absolute atomic E-state index is 14.4. The number of carbonyl (C=O) groups is 2. The summed E-state index contributed by atoms with van der Waals surface area (Å²) in [6.07, 6.45) is -5.17. The zero-order valence-corrected chi connectivity index (χ0v) is 17.6. The fraction of sp³-hybridized carbons (Fsp3) is 0.160. The number of amidine groups is 1. The second-order valence-corrected chi connectivity index (χ2v) is 7.71. The van der Waals surface area contributed by atoms with Crippen molar-refractivity contribution >= 4 is 17.6 Å². The Hall–Kier alpha value is -3.94. The van der Waals surface area contributed by atoms with E-state index in [9.17, 15) is 22.8 Å². The normalized spacial score (nSPS) is 18.2. The highest BCUT2D eigenvalue weighted by Gasteiger charge is 2.67. The summed E-state index contributed by atoms with van der Waals surface area (Å²) < 4.78 is 43.3. The Labute approximate surface area is 188 Å². The Morgan fingerprint density at radius 1 is 0.939 bits per heavy atom. The van der Waals surface area contributed by atoms with Gasteiger partial charge in [0.05, 0.1) is 6.54 Å². The Bertz CT molecular complexity index is 1190. The molecule has 0 saturated carbocycles. The van der Waals surface area contributed by atoms with Crippen molar-refractivity contribution in [2.75, 3.05) is 0 Å². The number of aliphatic imine (C=N–C) groups is 1. The summed E-state index contributed by atoms with van der Waals surface area (Å²) in [4.78, 5) is 30.9. The molecule has 168 valence electrons. The van der Waals surface area contributed by atoms with Gasteiger partial charge in [0.25, 0.3) is 11.8 Å². The van der Waals surface area contributed by atoms with Crippen LogP contribution in [0.1, 0.15) is 27.0 Å². The summed E-state index contributed by atoms with van der Waals surface area (Å²) in [5.74, 6) is -2.57. The van der Waals surface area contributed by atoms with Gasteiger partial charge >= 0.3 is 11.8 Å². The van der Waals surface area contributed by atoms with Gasteiger partial charge in [0.1, 0.15) is 5.84 Å². The van der Waals surface area contributed by atoms with E-state index in [0.29, 0.717) is 11.1 Å². The number of amides is 2. The van der Waals surface area contributed by atoms with Crippen LogP contribution in [0.2, 0.25) is 0 Å². The van der Waals surface area contributed by atoms with E-state index in [0.717, 1.165) is 10.5 Å². The van der Waals surface area contributed by atoms with Gasteiger partial charge in [0.15, 0.2) is 0 Å². The Morgan fingerprint density at radius 2 is 1.52 bits per heavy atom. The van der Waals surface area contributed by atoms with Gasteiger partial charge in [0, 0.05) is 11.1 Å². The molecule has 2 amide bonds. The summed E-state index contributed by atoms with van der Waals surface area (Å²) in [5.41, 5.74) is -1.65. The molecule has 1 aliphatic rings. The van der Waals surface area contributed by atoms with Crippen LogP contribution in [0.5, 0.6) is 0 Å². The molecule has 0 spiro atoms. The largest absolute Gasteiger partial charge is 0.442 e. The molecule has 1 N–H and O–H groups in total. The number of nitrogens with one attached hydrogen (secondary N) is 1. The fourth-order valence-corrected chi connectivity index (χ4v) is 3.56. The van der Waals surface area contributed by atoms with Crippen LogP contribution in [0, 0.1) is 6.92 Å². The van der Waals surface area contributed by atoms with Crippen molar-refractivity contribution in [3.05, 3.63) is 107 Å². The van der Waals surface area contributed by atoms with Crippen molar-refractivity contribution in [1.82, 2.24) is 10.2 Å². The lowest BCUT2D eigenvalue weighted by molar-refractivity contribution is -0.196. The van der Waals surface area contributed by atoms with Crippen molar-refractivity contribution in [2.45, 2.75) is 25.3 Å². The Balaban J connectivity index is 1.80.